The van der Waals surface area contributed by atoms with Gasteiger partial charge in [-0.05, 0) is 37.3 Å². The number of fused-ring (bicyclic) bond motifs is 3. The number of Topliss-reactive ketones (excluding diaryl/α,β-unsaturated/α-hetero) is 1. The maximum atomic E-state index is 13.2. The number of rotatable bonds is 3. The number of carbonyl (C=O) groups excluding carboxylic acids is 2. The summed E-state index contributed by atoms with van der Waals surface area (Å²) in [5.41, 5.74) is 0.220. The van der Waals surface area contributed by atoms with E-state index in [9.17, 15) is 9.59 Å². The monoisotopic (exact) mass is 351 g/mol. The van der Waals surface area contributed by atoms with Gasteiger partial charge in [0.2, 0.25) is 5.78 Å². The number of carbonyl (C=O) groups is 2. The van der Waals surface area contributed by atoms with Crippen LogP contribution in [0.2, 0.25) is 0 Å². The molecule has 2 aromatic carbocycles. The molecule has 1 aliphatic heterocycles. The Morgan fingerprint density at radius 1 is 1.12 bits per heavy atom. The van der Waals surface area contributed by atoms with Gasteiger partial charge in [-0.2, -0.15) is 0 Å². The first kappa shape index (κ1) is 16.2. The van der Waals surface area contributed by atoms with Gasteiger partial charge in [0.25, 0.3) is 5.60 Å². The lowest BCUT2D eigenvalue weighted by molar-refractivity contribution is -0.152. The standard InChI is InChI=1S/C20H17NO5/c1-20(19(23)25-3)18(22)16-17(26-20)14-11-13(24-2)9-10-15(14)21(16)12-7-5-4-6-8-12/h4-11H,1-3H3. The number of aromatic nitrogens is 1. The Hall–Kier alpha value is -3.28. The third-order valence-electron chi connectivity index (χ3n) is 4.67. The Labute approximate surface area is 149 Å². The molecule has 1 aromatic heterocycles. The number of benzene rings is 2. The van der Waals surface area contributed by atoms with Gasteiger partial charge in [0.1, 0.15) is 11.4 Å². The summed E-state index contributed by atoms with van der Waals surface area (Å²) in [7, 11) is 2.81. The zero-order valence-corrected chi connectivity index (χ0v) is 14.6. The predicted molar refractivity (Wildman–Crippen MR) is 95.2 cm³/mol. The van der Waals surface area contributed by atoms with Crippen LogP contribution in [-0.4, -0.2) is 36.1 Å². The lowest BCUT2D eigenvalue weighted by atomic mass is 10.0. The predicted octanol–water partition coefficient (Wildman–Crippen LogP) is 3.15. The molecule has 2 heterocycles. The van der Waals surface area contributed by atoms with E-state index in [2.05, 4.69) is 0 Å². The van der Waals surface area contributed by atoms with Gasteiger partial charge in [-0.3, -0.25) is 4.79 Å². The van der Waals surface area contributed by atoms with E-state index in [0.717, 1.165) is 11.2 Å². The molecular weight excluding hydrogens is 334 g/mol. The van der Waals surface area contributed by atoms with E-state index < -0.39 is 17.4 Å². The molecule has 0 aliphatic carbocycles. The lowest BCUT2D eigenvalue weighted by Gasteiger charge is -2.20. The Morgan fingerprint density at radius 2 is 1.85 bits per heavy atom. The van der Waals surface area contributed by atoms with E-state index >= 15 is 0 Å². The van der Waals surface area contributed by atoms with Gasteiger partial charge in [0, 0.05) is 11.1 Å². The Balaban J connectivity index is 2.05. The lowest BCUT2D eigenvalue weighted by Crippen LogP contribution is -2.46. The molecule has 0 saturated carbocycles. The number of hydrogen-bond acceptors (Lipinski definition) is 5. The summed E-state index contributed by atoms with van der Waals surface area (Å²) in [5, 5.41) is 0.698. The van der Waals surface area contributed by atoms with Crippen LogP contribution in [-0.2, 0) is 9.53 Å². The third kappa shape index (κ3) is 2.05. The average molecular weight is 351 g/mol. The second kappa shape index (κ2) is 5.62. The number of hydrogen-bond donors (Lipinski definition) is 0. The van der Waals surface area contributed by atoms with Gasteiger partial charge in [0.15, 0.2) is 5.75 Å². The van der Waals surface area contributed by atoms with E-state index in [1.807, 2.05) is 42.5 Å². The molecule has 0 bridgehead atoms. The summed E-state index contributed by atoms with van der Waals surface area (Å²) in [4.78, 5) is 25.4. The first-order valence-electron chi connectivity index (χ1n) is 8.11. The van der Waals surface area contributed by atoms with Crippen LogP contribution in [0.3, 0.4) is 0 Å². The summed E-state index contributed by atoms with van der Waals surface area (Å²) in [6.07, 6.45) is 0. The molecule has 132 valence electrons. The number of methoxy groups -OCH3 is 2. The number of esters is 1. The molecule has 0 spiro atoms. The van der Waals surface area contributed by atoms with E-state index in [0.29, 0.717) is 22.6 Å². The molecule has 0 N–H and O–H groups in total. The molecule has 1 aliphatic rings. The van der Waals surface area contributed by atoms with Crippen LogP contribution >= 0.6 is 0 Å². The molecule has 26 heavy (non-hydrogen) atoms. The van der Waals surface area contributed by atoms with Crippen LogP contribution in [0.15, 0.2) is 48.5 Å². The summed E-state index contributed by atoms with van der Waals surface area (Å²) in [6.45, 7) is 1.43. The highest BCUT2D eigenvalue weighted by Crippen LogP contribution is 2.45. The molecule has 0 fully saturated rings. The minimum Gasteiger partial charge on any atom is -0.497 e. The molecular formula is C20H17NO5. The van der Waals surface area contributed by atoms with Gasteiger partial charge >= 0.3 is 5.97 Å². The first-order valence-corrected chi connectivity index (χ1v) is 8.11. The summed E-state index contributed by atoms with van der Waals surface area (Å²) in [5.74, 6) is -0.165. The van der Waals surface area contributed by atoms with E-state index in [-0.39, 0.29) is 0 Å². The molecule has 6 heteroatoms. The summed E-state index contributed by atoms with van der Waals surface area (Å²) >= 11 is 0. The Kier molecular flexibility index (Phi) is 3.50. The highest BCUT2D eigenvalue weighted by Gasteiger charge is 2.54. The minimum absolute atomic E-state index is 0.326. The van der Waals surface area contributed by atoms with Crippen molar-refractivity contribution in [3.63, 3.8) is 0 Å². The van der Waals surface area contributed by atoms with Crippen LogP contribution in [0.25, 0.3) is 16.6 Å². The fourth-order valence-electron chi connectivity index (χ4n) is 3.33. The van der Waals surface area contributed by atoms with Gasteiger partial charge in [-0.15, -0.1) is 0 Å². The highest BCUT2D eigenvalue weighted by atomic mass is 16.6. The SMILES string of the molecule is COC(=O)C1(C)Oc2c(n(-c3ccccc3)c3ccc(OC)cc23)C1=O. The minimum atomic E-state index is -1.70. The van der Waals surface area contributed by atoms with Crippen LogP contribution in [0, 0.1) is 0 Å². The molecule has 0 saturated heterocycles. The van der Waals surface area contributed by atoms with Crippen molar-refractivity contribution in [3.05, 3.63) is 54.2 Å². The number of ketones is 1. The molecule has 0 amide bonds. The van der Waals surface area contributed by atoms with Crippen LogP contribution in [0.5, 0.6) is 11.5 Å². The Bertz CT molecular complexity index is 1040. The second-order valence-electron chi connectivity index (χ2n) is 6.19. The van der Waals surface area contributed by atoms with Crippen molar-refractivity contribution in [1.82, 2.24) is 4.57 Å². The van der Waals surface area contributed by atoms with Crippen molar-refractivity contribution >= 4 is 22.7 Å². The topological polar surface area (TPSA) is 66.8 Å². The van der Waals surface area contributed by atoms with E-state index in [1.165, 1.54) is 14.0 Å². The fraction of sp³-hybridized carbons (Fsp3) is 0.200. The van der Waals surface area contributed by atoms with Crippen molar-refractivity contribution in [2.45, 2.75) is 12.5 Å². The largest absolute Gasteiger partial charge is 0.497 e. The van der Waals surface area contributed by atoms with Crippen molar-refractivity contribution in [2.75, 3.05) is 14.2 Å². The van der Waals surface area contributed by atoms with Crippen molar-refractivity contribution in [1.29, 1.82) is 0 Å². The maximum absolute atomic E-state index is 13.2. The highest BCUT2D eigenvalue weighted by molar-refractivity contribution is 6.21. The van der Waals surface area contributed by atoms with Gasteiger partial charge in [0.05, 0.1) is 19.7 Å². The molecule has 1 atom stereocenters. The van der Waals surface area contributed by atoms with Crippen molar-refractivity contribution < 1.29 is 23.8 Å². The normalized spacial score (nSPS) is 18.5. The summed E-state index contributed by atoms with van der Waals surface area (Å²) < 4.78 is 17.8. The fourth-order valence-corrected chi connectivity index (χ4v) is 3.33. The number of ether oxygens (including phenoxy) is 3. The number of para-hydroxylation sites is 1. The smallest absolute Gasteiger partial charge is 0.358 e. The number of nitrogens with zero attached hydrogens (tertiary/aromatic N) is 1. The van der Waals surface area contributed by atoms with Crippen molar-refractivity contribution in [2.24, 2.45) is 0 Å². The van der Waals surface area contributed by atoms with Gasteiger partial charge < -0.3 is 18.8 Å². The first-order chi connectivity index (χ1) is 12.5. The Morgan fingerprint density at radius 3 is 2.50 bits per heavy atom. The third-order valence-corrected chi connectivity index (χ3v) is 4.67. The average Bonchev–Trinajstić information content (AvgIpc) is 3.13. The molecule has 6 nitrogen and oxygen atoms in total. The molecule has 1 unspecified atom stereocenters. The second-order valence-corrected chi connectivity index (χ2v) is 6.19. The van der Waals surface area contributed by atoms with Crippen LogP contribution in [0.1, 0.15) is 17.4 Å². The summed E-state index contributed by atoms with van der Waals surface area (Å²) in [6, 6.07) is 14.9. The van der Waals surface area contributed by atoms with Crippen LogP contribution < -0.4 is 9.47 Å². The zero-order chi connectivity index (χ0) is 18.5. The zero-order valence-electron chi connectivity index (χ0n) is 14.6. The van der Waals surface area contributed by atoms with E-state index in [4.69, 9.17) is 14.2 Å². The van der Waals surface area contributed by atoms with Crippen molar-refractivity contribution in [3.8, 4) is 17.2 Å². The quantitative estimate of drug-likeness (QED) is 0.536. The van der Waals surface area contributed by atoms with E-state index in [1.54, 1.807) is 17.7 Å². The van der Waals surface area contributed by atoms with Gasteiger partial charge in [-0.1, -0.05) is 18.2 Å². The van der Waals surface area contributed by atoms with Gasteiger partial charge in [-0.25, -0.2) is 4.79 Å². The molecule has 3 aromatic rings. The molecule has 0 radical (unpaired) electrons. The maximum Gasteiger partial charge on any atom is 0.358 e. The van der Waals surface area contributed by atoms with Crippen LogP contribution in [0.4, 0.5) is 0 Å². The molecule has 4 rings (SSSR count).